The minimum Gasteiger partial charge on any atom is -0.390 e. The molecule has 1 amide bonds. The molecule has 0 aromatic heterocycles. The van der Waals surface area contributed by atoms with E-state index in [0.717, 1.165) is 25.2 Å². The van der Waals surface area contributed by atoms with Gasteiger partial charge in [-0.25, -0.2) is 0 Å². The minimum absolute atomic E-state index is 0.0691. The molecule has 0 saturated carbocycles. The monoisotopic (exact) mass is 383 g/mol. The number of likely N-dealkylation sites (tertiary alicyclic amines) is 1. The van der Waals surface area contributed by atoms with Gasteiger partial charge in [-0.3, -0.25) is 9.69 Å². The van der Waals surface area contributed by atoms with E-state index in [0.29, 0.717) is 24.4 Å². The van der Waals surface area contributed by atoms with Gasteiger partial charge in [-0.2, -0.15) is 5.26 Å². The Hall–Kier alpha value is -1.94. The van der Waals surface area contributed by atoms with Gasteiger partial charge in [0.05, 0.1) is 35.9 Å². The van der Waals surface area contributed by atoms with Gasteiger partial charge < -0.3 is 15.2 Å². The second-order valence-corrected chi connectivity index (χ2v) is 8.94. The number of carbonyl (C=O) groups excluding carboxylic acids is 1. The highest BCUT2D eigenvalue weighted by Gasteiger charge is 2.57. The molecule has 3 heterocycles. The number of aliphatic hydroxyl groups excluding tert-OH is 1. The Kier molecular flexibility index (Phi) is 5.42. The molecule has 6 atom stereocenters. The van der Waals surface area contributed by atoms with E-state index in [1.807, 2.05) is 24.3 Å². The van der Waals surface area contributed by atoms with Crippen molar-refractivity contribution in [2.45, 2.75) is 45.1 Å². The molecule has 2 bridgehead atoms. The highest BCUT2D eigenvalue weighted by molar-refractivity contribution is 5.79. The Morgan fingerprint density at radius 3 is 2.71 bits per heavy atom. The van der Waals surface area contributed by atoms with E-state index in [1.54, 1.807) is 0 Å². The fraction of sp³-hybridized carbons (Fsp3) is 0.636. The number of nitriles is 1. The van der Waals surface area contributed by atoms with Crippen LogP contribution in [0.2, 0.25) is 0 Å². The Balaban J connectivity index is 1.43. The van der Waals surface area contributed by atoms with Gasteiger partial charge in [0.2, 0.25) is 5.91 Å². The van der Waals surface area contributed by atoms with Gasteiger partial charge in [0.25, 0.3) is 0 Å². The van der Waals surface area contributed by atoms with Gasteiger partial charge in [-0.1, -0.05) is 26.0 Å². The van der Waals surface area contributed by atoms with Crippen LogP contribution in [0.25, 0.3) is 0 Å². The number of nitrogens with one attached hydrogen (secondary N) is 1. The van der Waals surface area contributed by atoms with Gasteiger partial charge in [0.1, 0.15) is 0 Å². The number of nitrogens with zero attached hydrogens (tertiary/aromatic N) is 2. The van der Waals surface area contributed by atoms with E-state index < -0.39 is 6.10 Å². The molecule has 28 heavy (non-hydrogen) atoms. The molecule has 3 fully saturated rings. The molecular weight excluding hydrogens is 354 g/mol. The van der Waals surface area contributed by atoms with Crippen molar-refractivity contribution in [2.75, 3.05) is 19.6 Å². The summed E-state index contributed by atoms with van der Waals surface area (Å²) < 4.78 is 6.12. The predicted molar refractivity (Wildman–Crippen MR) is 104 cm³/mol. The molecule has 0 radical (unpaired) electrons. The second kappa shape index (κ2) is 7.82. The molecule has 6 nitrogen and oxygen atoms in total. The number of ether oxygens (including phenoxy) is 1. The summed E-state index contributed by atoms with van der Waals surface area (Å²) in [6.07, 6.45) is -0.208. The quantitative estimate of drug-likeness (QED) is 0.805. The third-order valence-electron chi connectivity index (χ3n) is 6.45. The van der Waals surface area contributed by atoms with E-state index in [4.69, 9.17) is 10.00 Å². The van der Waals surface area contributed by atoms with Crippen molar-refractivity contribution in [3.05, 3.63) is 35.4 Å². The van der Waals surface area contributed by atoms with Crippen LogP contribution in [0.5, 0.6) is 0 Å². The van der Waals surface area contributed by atoms with Crippen molar-refractivity contribution >= 4 is 5.91 Å². The van der Waals surface area contributed by atoms with E-state index in [9.17, 15) is 9.90 Å². The average molecular weight is 383 g/mol. The first-order chi connectivity index (χ1) is 13.5. The third kappa shape index (κ3) is 3.67. The van der Waals surface area contributed by atoms with Gasteiger partial charge in [0.15, 0.2) is 0 Å². The standard InChI is InChI=1S/C22H29N3O3/c1-13(2)9-24-22(27)16-7-19-20(26)17-11-25(12-18(17)21(16)28-19)10-15-5-3-14(8-23)4-6-15/h3-6,13,16-21,26H,7,9-12H2,1-2H3,(H,24,27)/t16?,17-,18+,19+,20+,21-/m1/s1. The molecular formula is C22H29N3O3. The van der Waals surface area contributed by atoms with Gasteiger partial charge in [0, 0.05) is 38.0 Å². The summed E-state index contributed by atoms with van der Waals surface area (Å²) in [5.41, 5.74) is 1.82. The Bertz CT molecular complexity index is 757. The van der Waals surface area contributed by atoms with Crippen molar-refractivity contribution in [1.82, 2.24) is 10.2 Å². The van der Waals surface area contributed by atoms with Crippen molar-refractivity contribution in [1.29, 1.82) is 5.26 Å². The molecule has 2 N–H and O–H groups in total. The second-order valence-electron chi connectivity index (χ2n) is 8.94. The van der Waals surface area contributed by atoms with Gasteiger partial charge in [-0.05, 0) is 30.0 Å². The molecule has 1 unspecified atom stereocenters. The lowest BCUT2D eigenvalue weighted by Gasteiger charge is -2.36. The van der Waals surface area contributed by atoms with Crippen LogP contribution in [-0.2, 0) is 16.1 Å². The van der Waals surface area contributed by atoms with Crippen molar-refractivity contribution in [2.24, 2.45) is 23.7 Å². The smallest absolute Gasteiger partial charge is 0.225 e. The number of hydrogen-bond donors (Lipinski definition) is 2. The number of hydrogen-bond acceptors (Lipinski definition) is 5. The first-order valence-electron chi connectivity index (χ1n) is 10.3. The van der Waals surface area contributed by atoms with E-state index in [2.05, 4.69) is 30.1 Å². The Morgan fingerprint density at radius 2 is 2.04 bits per heavy atom. The number of aliphatic hydroxyl groups is 1. The first-order valence-corrected chi connectivity index (χ1v) is 10.3. The van der Waals surface area contributed by atoms with Crippen LogP contribution in [0.3, 0.4) is 0 Å². The molecule has 3 saturated heterocycles. The third-order valence-corrected chi connectivity index (χ3v) is 6.45. The zero-order chi connectivity index (χ0) is 19.8. The fourth-order valence-corrected chi connectivity index (χ4v) is 5.05. The Labute approximate surface area is 166 Å². The molecule has 1 aromatic rings. The van der Waals surface area contributed by atoms with Crippen molar-refractivity contribution in [3.63, 3.8) is 0 Å². The maximum atomic E-state index is 12.7. The minimum atomic E-state index is -0.505. The fourth-order valence-electron chi connectivity index (χ4n) is 5.05. The number of carbonyl (C=O) groups is 1. The highest BCUT2D eigenvalue weighted by Crippen LogP contribution is 2.47. The van der Waals surface area contributed by atoms with Crippen molar-refractivity contribution < 1.29 is 14.6 Å². The highest BCUT2D eigenvalue weighted by atomic mass is 16.5. The van der Waals surface area contributed by atoms with Crippen LogP contribution in [0.15, 0.2) is 24.3 Å². The van der Waals surface area contributed by atoms with Crippen LogP contribution in [0, 0.1) is 35.0 Å². The molecule has 150 valence electrons. The number of benzene rings is 1. The van der Waals surface area contributed by atoms with Crippen LogP contribution in [-0.4, -0.2) is 53.9 Å². The SMILES string of the molecule is CC(C)CNC(=O)C1C[C@@H]2O[C@H]1[C@H]1CN(Cc3ccc(C#N)cc3)C[C@H]1[C@@H]2O. The normalized spacial score (nSPS) is 34.2. The lowest BCUT2D eigenvalue weighted by Crippen LogP contribution is -2.47. The number of fused-ring (bicyclic) bond motifs is 4. The summed E-state index contributed by atoms with van der Waals surface area (Å²) >= 11 is 0. The predicted octanol–water partition coefficient (Wildman–Crippen LogP) is 1.53. The summed E-state index contributed by atoms with van der Waals surface area (Å²) in [5, 5.41) is 22.8. The lowest BCUT2D eigenvalue weighted by atomic mass is 9.83. The summed E-state index contributed by atoms with van der Waals surface area (Å²) in [7, 11) is 0. The zero-order valence-electron chi connectivity index (χ0n) is 16.5. The largest absolute Gasteiger partial charge is 0.390 e. The summed E-state index contributed by atoms with van der Waals surface area (Å²) in [6, 6.07) is 9.80. The molecule has 3 aliphatic rings. The zero-order valence-corrected chi connectivity index (χ0v) is 16.5. The van der Waals surface area contributed by atoms with Gasteiger partial charge >= 0.3 is 0 Å². The molecule has 0 spiro atoms. The van der Waals surface area contributed by atoms with Crippen LogP contribution >= 0.6 is 0 Å². The van der Waals surface area contributed by atoms with Crippen LogP contribution in [0.4, 0.5) is 0 Å². The van der Waals surface area contributed by atoms with E-state index in [-0.39, 0.29) is 35.9 Å². The van der Waals surface area contributed by atoms with Gasteiger partial charge in [-0.15, -0.1) is 0 Å². The number of amides is 1. The summed E-state index contributed by atoms with van der Waals surface area (Å²) in [4.78, 5) is 15.0. The topological polar surface area (TPSA) is 85.6 Å². The molecule has 3 aliphatic heterocycles. The molecule has 4 rings (SSSR count). The maximum Gasteiger partial charge on any atom is 0.225 e. The Morgan fingerprint density at radius 1 is 1.32 bits per heavy atom. The average Bonchev–Trinajstić information content (AvgIpc) is 3.28. The molecule has 0 aliphatic carbocycles. The van der Waals surface area contributed by atoms with Crippen molar-refractivity contribution in [3.8, 4) is 6.07 Å². The van der Waals surface area contributed by atoms with E-state index in [1.165, 1.54) is 0 Å². The van der Waals surface area contributed by atoms with Crippen LogP contribution < -0.4 is 5.32 Å². The summed E-state index contributed by atoms with van der Waals surface area (Å²) in [5.74, 6) is 0.660. The maximum absolute atomic E-state index is 12.7. The lowest BCUT2D eigenvalue weighted by molar-refractivity contribution is -0.140. The molecule has 6 heteroatoms. The number of rotatable bonds is 5. The van der Waals surface area contributed by atoms with Crippen LogP contribution in [0.1, 0.15) is 31.4 Å². The summed E-state index contributed by atoms with van der Waals surface area (Å²) in [6.45, 7) is 7.28. The molecule has 1 aromatic carbocycles. The first kappa shape index (κ1) is 19.4. The van der Waals surface area contributed by atoms with E-state index >= 15 is 0 Å².